The number of aliphatic hydroxyl groups is 1. The van der Waals surface area contributed by atoms with E-state index >= 15 is 0 Å². The monoisotopic (exact) mass is 358 g/mol. The molecule has 0 aliphatic carbocycles. The molecule has 1 fully saturated rings. The normalized spacial score (nSPS) is 20.2. The van der Waals surface area contributed by atoms with E-state index in [4.69, 9.17) is 0 Å². The third-order valence-corrected chi connectivity index (χ3v) is 5.35. The van der Waals surface area contributed by atoms with Gasteiger partial charge in [-0.2, -0.15) is 0 Å². The number of aromatic nitrogens is 2. The third-order valence-electron chi connectivity index (χ3n) is 5.35. The van der Waals surface area contributed by atoms with Gasteiger partial charge in [-0.25, -0.2) is 9.48 Å². The van der Waals surface area contributed by atoms with Crippen LogP contribution in [0.5, 0.6) is 0 Å². The predicted octanol–water partition coefficient (Wildman–Crippen LogP) is 2.11. The van der Waals surface area contributed by atoms with Crippen molar-refractivity contribution in [2.75, 3.05) is 18.5 Å². The minimum atomic E-state index is -0.332. The topological polar surface area (TPSA) is 79.5 Å². The van der Waals surface area contributed by atoms with Crippen LogP contribution in [0.15, 0.2) is 35.1 Å². The molecule has 3 rings (SSSR count). The Labute approximate surface area is 152 Å². The molecule has 7 nitrogen and oxygen atoms in total. The number of hydrogen-bond acceptors (Lipinski definition) is 3. The first-order chi connectivity index (χ1) is 12.5. The van der Waals surface area contributed by atoms with Gasteiger partial charge in [-0.3, -0.25) is 9.48 Å². The van der Waals surface area contributed by atoms with E-state index in [9.17, 15) is 14.7 Å². The van der Waals surface area contributed by atoms with E-state index in [1.165, 1.54) is 4.68 Å². The Kier molecular flexibility index (Phi) is 5.18. The molecule has 1 aliphatic rings. The van der Waals surface area contributed by atoms with Crippen molar-refractivity contribution in [1.82, 2.24) is 14.3 Å². The fourth-order valence-electron chi connectivity index (χ4n) is 3.67. The first-order valence-corrected chi connectivity index (χ1v) is 8.98. The number of carbonyl (C=O) groups is 1. The number of para-hydroxylation sites is 1. The molecular weight excluding hydrogens is 332 g/mol. The highest BCUT2D eigenvalue weighted by Crippen LogP contribution is 2.24. The average molecular weight is 358 g/mol. The van der Waals surface area contributed by atoms with Gasteiger partial charge in [-0.05, 0) is 37.8 Å². The van der Waals surface area contributed by atoms with Crippen LogP contribution >= 0.6 is 0 Å². The molecule has 140 valence electrons. The predicted molar refractivity (Wildman–Crippen MR) is 101 cm³/mol. The summed E-state index contributed by atoms with van der Waals surface area (Å²) in [5, 5.41) is 12.4. The number of likely N-dealkylation sites (tertiary alicyclic amines) is 1. The number of carbonyl (C=O) groups excluding carboxylic acids is 1. The lowest BCUT2D eigenvalue weighted by molar-refractivity contribution is 0.0811. The zero-order chi connectivity index (χ0) is 18.8. The Morgan fingerprint density at radius 2 is 2.00 bits per heavy atom. The van der Waals surface area contributed by atoms with Gasteiger partial charge in [0.25, 0.3) is 5.56 Å². The number of amides is 2. The van der Waals surface area contributed by atoms with Crippen molar-refractivity contribution < 1.29 is 9.90 Å². The van der Waals surface area contributed by atoms with Gasteiger partial charge in [0.15, 0.2) is 0 Å². The zero-order valence-corrected chi connectivity index (χ0v) is 15.5. The number of benzene rings is 1. The summed E-state index contributed by atoms with van der Waals surface area (Å²) >= 11 is 0. The molecule has 1 aromatic carbocycles. The minimum absolute atomic E-state index is 0.0728. The SMILES string of the molecule is Cc1c(NC(=O)N2CCC[C@@H](C)[C@@H]2CO)c(=O)n(-c2ccccc2)n1C. The van der Waals surface area contributed by atoms with Crippen LogP contribution in [-0.4, -0.2) is 44.6 Å². The number of anilines is 1. The van der Waals surface area contributed by atoms with Gasteiger partial charge in [0, 0.05) is 13.6 Å². The highest BCUT2D eigenvalue weighted by molar-refractivity contribution is 5.90. The molecule has 0 saturated carbocycles. The van der Waals surface area contributed by atoms with Crippen molar-refractivity contribution in [2.45, 2.75) is 32.7 Å². The second kappa shape index (κ2) is 7.37. The van der Waals surface area contributed by atoms with Gasteiger partial charge in [-0.15, -0.1) is 0 Å². The molecule has 0 spiro atoms. The fraction of sp³-hybridized carbons (Fsp3) is 0.474. The molecule has 2 atom stereocenters. The Morgan fingerprint density at radius 3 is 2.65 bits per heavy atom. The Bertz CT molecular complexity index is 840. The van der Waals surface area contributed by atoms with Crippen molar-refractivity contribution in [2.24, 2.45) is 13.0 Å². The highest BCUT2D eigenvalue weighted by Gasteiger charge is 2.32. The number of rotatable bonds is 3. The first kappa shape index (κ1) is 18.3. The summed E-state index contributed by atoms with van der Waals surface area (Å²) < 4.78 is 3.27. The van der Waals surface area contributed by atoms with E-state index in [0.29, 0.717) is 12.2 Å². The first-order valence-electron chi connectivity index (χ1n) is 8.98. The van der Waals surface area contributed by atoms with Crippen LogP contribution in [0.25, 0.3) is 5.69 Å². The maximum absolute atomic E-state index is 12.9. The van der Waals surface area contributed by atoms with Crippen molar-refractivity contribution in [3.8, 4) is 5.69 Å². The summed E-state index contributed by atoms with van der Waals surface area (Å²) in [6, 6.07) is 8.76. The molecule has 26 heavy (non-hydrogen) atoms. The lowest BCUT2D eigenvalue weighted by Gasteiger charge is -2.38. The van der Waals surface area contributed by atoms with Gasteiger partial charge in [0.1, 0.15) is 5.69 Å². The minimum Gasteiger partial charge on any atom is -0.394 e. The van der Waals surface area contributed by atoms with Crippen LogP contribution in [0.3, 0.4) is 0 Å². The quantitative estimate of drug-likeness (QED) is 0.882. The molecule has 1 saturated heterocycles. The molecule has 2 amide bonds. The smallest absolute Gasteiger partial charge is 0.322 e. The van der Waals surface area contributed by atoms with Crippen molar-refractivity contribution in [3.05, 3.63) is 46.4 Å². The molecule has 2 N–H and O–H groups in total. The van der Waals surface area contributed by atoms with Gasteiger partial charge >= 0.3 is 6.03 Å². The summed E-state index contributed by atoms with van der Waals surface area (Å²) in [5.41, 5.74) is 1.42. The lowest BCUT2D eigenvalue weighted by Crippen LogP contribution is -2.51. The fourth-order valence-corrected chi connectivity index (χ4v) is 3.67. The maximum Gasteiger partial charge on any atom is 0.322 e. The van der Waals surface area contributed by atoms with Crippen molar-refractivity contribution in [3.63, 3.8) is 0 Å². The van der Waals surface area contributed by atoms with Crippen LogP contribution in [0.4, 0.5) is 10.5 Å². The second-order valence-electron chi connectivity index (χ2n) is 6.93. The summed E-state index contributed by atoms with van der Waals surface area (Å²) in [6.45, 7) is 4.35. The Hall–Kier alpha value is -2.54. The highest BCUT2D eigenvalue weighted by atomic mass is 16.3. The molecule has 0 bridgehead atoms. The molecular formula is C19H26N4O3. The van der Waals surface area contributed by atoms with Crippen molar-refractivity contribution >= 4 is 11.7 Å². The molecule has 2 heterocycles. The second-order valence-corrected chi connectivity index (χ2v) is 6.93. The number of hydrogen-bond donors (Lipinski definition) is 2. The summed E-state index contributed by atoms with van der Waals surface area (Å²) in [5.74, 6) is 0.234. The number of aliphatic hydroxyl groups excluding tert-OH is 1. The van der Waals surface area contributed by atoms with Crippen LogP contribution in [0.1, 0.15) is 25.5 Å². The zero-order valence-electron chi connectivity index (χ0n) is 15.5. The van der Waals surface area contributed by atoms with E-state index in [1.54, 1.807) is 23.6 Å². The van der Waals surface area contributed by atoms with E-state index in [2.05, 4.69) is 5.32 Å². The van der Waals surface area contributed by atoms with Crippen LogP contribution in [0.2, 0.25) is 0 Å². The maximum atomic E-state index is 12.9. The van der Waals surface area contributed by atoms with Gasteiger partial charge in [0.2, 0.25) is 0 Å². The molecule has 1 aliphatic heterocycles. The molecule has 0 radical (unpaired) electrons. The average Bonchev–Trinajstić information content (AvgIpc) is 2.85. The summed E-state index contributed by atoms with van der Waals surface area (Å²) in [4.78, 5) is 27.3. The van der Waals surface area contributed by atoms with Gasteiger partial charge in [-0.1, -0.05) is 25.1 Å². The number of piperidine rings is 1. The van der Waals surface area contributed by atoms with Crippen LogP contribution < -0.4 is 10.9 Å². The van der Waals surface area contributed by atoms with Crippen molar-refractivity contribution in [1.29, 1.82) is 0 Å². The lowest BCUT2D eigenvalue weighted by atomic mass is 9.91. The van der Waals surface area contributed by atoms with Gasteiger partial charge < -0.3 is 15.3 Å². The van der Waals surface area contributed by atoms with E-state index < -0.39 is 0 Å². The standard InChI is InChI=1S/C19H26N4O3/c1-13-8-7-11-22(16(13)12-24)19(26)20-17-14(2)21(3)23(18(17)25)15-9-5-4-6-10-15/h4-6,9-10,13,16,24H,7-8,11-12H2,1-3H3,(H,20,26)/t13-,16+/m1/s1. The van der Waals surface area contributed by atoms with E-state index in [-0.39, 0.29) is 35.8 Å². The van der Waals surface area contributed by atoms with Crippen LogP contribution in [0, 0.1) is 12.8 Å². The van der Waals surface area contributed by atoms with Crippen LogP contribution in [-0.2, 0) is 7.05 Å². The van der Waals surface area contributed by atoms with Gasteiger partial charge in [0.05, 0.1) is 24.0 Å². The summed E-state index contributed by atoms with van der Waals surface area (Å²) in [7, 11) is 1.79. The van der Waals surface area contributed by atoms with E-state index in [0.717, 1.165) is 18.5 Å². The largest absolute Gasteiger partial charge is 0.394 e. The molecule has 2 aromatic rings. The number of nitrogens with zero attached hydrogens (tertiary/aromatic N) is 3. The Balaban J connectivity index is 1.91. The number of nitrogens with one attached hydrogen (secondary N) is 1. The third kappa shape index (κ3) is 3.14. The number of urea groups is 1. The Morgan fingerprint density at radius 1 is 1.31 bits per heavy atom. The molecule has 0 unspecified atom stereocenters. The summed E-state index contributed by atoms with van der Waals surface area (Å²) in [6.07, 6.45) is 1.88. The van der Waals surface area contributed by atoms with E-state index in [1.807, 2.05) is 37.3 Å². The molecule has 1 aromatic heterocycles. The molecule has 7 heteroatoms.